The van der Waals surface area contributed by atoms with Crippen molar-refractivity contribution in [3.8, 4) is 11.8 Å². The van der Waals surface area contributed by atoms with Crippen molar-refractivity contribution in [2.24, 2.45) is 0 Å². The topological polar surface area (TPSA) is 72.2 Å². The molecule has 0 saturated heterocycles. The molecule has 254 valence electrons. The SMILES string of the molecule is COC(=O)c1ccc(C)cc1.COc1ccc(C)cc1.Cc1ccc(C#N)cc1.Cc1ccccc1.Cc1ccccn1.Cc1cccs1. The minimum atomic E-state index is -0.287. The van der Waals surface area contributed by atoms with Crippen molar-refractivity contribution in [1.29, 1.82) is 5.26 Å². The second kappa shape index (κ2) is 25.6. The van der Waals surface area contributed by atoms with Gasteiger partial charge < -0.3 is 9.47 Å². The van der Waals surface area contributed by atoms with Gasteiger partial charge in [0.2, 0.25) is 0 Å². The van der Waals surface area contributed by atoms with E-state index in [1.54, 1.807) is 36.8 Å². The van der Waals surface area contributed by atoms with E-state index in [1.807, 2.05) is 118 Å². The number of carbonyl (C=O) groups is 1. The monoisotopic (exact) mass is 672 g/mol. The lowest BCUT2D eigenvalue weighted by Crippen LogP contribution is -2.00. The van der Waals surface area contributed by atoms with Crippen LogP contribution in [-0.2, 0) is 4.74 Å². The fourth-order valence-electron chi connectivity index (χ4n) is 3.45. The van der Waals surface area contributed by atoms with Crippen LogP contribution in [0.1, 0.15) is 48.7 Å². The maximum atomic E-state index is 10.9. The zero-order chi connectivity index (χ0) is 36.3. The number of methoxy groups -OCH3 is 2. The first-order valence-corrected chi connectivity index (χ1v) is 16.6. The van der Waals surface area contributed by atoms with Crippen molar-refractivity contribution in [3.05, 3.63) is 189 Å². The minimum Gasteiger partial charge on any atom is -0.497 e. The Morgan fingerprint density at radius 1 is 0.612 bits per heavy atom. The van der Waals surface area contributed by atoms with E-state index in [-0.39, 0.29) is 5.97 Å². The molecule has 2 aromatic heterocycles. The molecule has 0 spiro atoms. The smallest absolute Gasteiger partial charge is 0.337 e. The number of esters is 1. The second-order valence-electron chi connectivity index (χ2n) is 10.7. The highest BCUT2D eigenvalue weighted by Crippen LogP contribution is 2.09. The maximum absolute atomic E-state index is 10.9. The number of rotatable bonds is 2. The van der Waals surface area contributed by atoms with Crippen LogP contribution in [0.2, 0.25) is 0 Å². The number of aromatic nitrogens is 1. The van der Waals surface area contributed by atoms with Crippen LogP contribution in [0.5, 0.6) is 5.75 Å². The molecule has 0 aliphatic rings. The fourth-order valence-corrected chi connectivity index (χ4v) is 3.98. The van der Waals surface area contributed by atoms with E-state index in [0.717, 1.165) is 22.6 Å². The largest absolute Gasteiger partial charge is 0.497 e. The highest BCUT2D eigenvalue weighted by Gasteiger charge is 2.02. The van der Waals surface area contributed by atoms with Crippen LogP contribution in [0.4, 0.5) is 0 Å². The quantitative estimate of drug-likeness (QED) is 0.171. The molecular formula is C43H48N2O3S. The molecular weight excluding hydrogens is 625 g/mol. The van der Waals surface area contributed by atoms with Gasteiger partial charge in [-0.15, -0.1) is 11.3 Å². The Kier molecular flexibility index (Phi) is 21.7. The van der Waals surface area contributed by atoms with Crippen LogP contribution in [-0.4, -0.2) is 25.2 Å². The lowest BCUT2D eigenvalue weighted by atomic mass is 10.2. The predicted octanol–water partition coefficient (Wildman–Crippen LogP) is 11.1. The summed E-state index contributed by atoms with van der Waals surface area (Å²) in [6.07, 6.45) is 1.79. The molecule has 49 heavy (non-hydrogen) atoms. The third kappa shape index (κ3) is 21.1. The Bertz CT molecular complexity index is 1680. The van der Waals surface area contributed by atoms with Gasteiger partial charge in [0.15, 0.2) is 0 Å². The third-order valence-electron chi connectivity index (χ3n) is 6.33. The summed E-state index contributed by atoms with van der Waals surface area (Å²) < 4.78 is 9.51. The van der Waals surface area contributed by atoms with E-state index in [4.69, 9.17) is 10.00 Å². The average molecular weight is 673 g/mol. The first-order valence-electron chi connectivity index (χ1n) is 15.7. The highest BCUT2D eigenvalue weighted by atomic mass is 32.1. The van der Waals surface area contributed by atoms with Gasteiger partial charge in [-0.05, 0) is 102 Å². The molecule has 0 unspecified atom stereocenters. The zero-order valence-electron chi connectivity index (χ0n) is 29.9. The number of nitriles is 1. The minimum absolute atomic E-state index is 0.287. The van der Waals surface area contributed by atoms with Crippen molar-refractivity contribution in [2.45, 2.75) is 41.5 Å². The van der Waals surface area contributed by atoms with E-state index in [1.165, 1.54) is 28.7 Å². The van der Waals surface area contributed by atoms with E-state index < -0.39 is 0 Å². The van der Waals surface area contributed by atoms with E-state index >= 15 is 0 Å². The van der Waals surface area contributed by atoms with Gasteiger partial charge in [-0.1, -0.05) is 101 Å². The number of aryl methyl sites for hydroxylation is 6. The first-order chi connectivity index (χ1) is 23.6. The average Bonchev–Trinajstić information content (AvgIpc) is 3.62. The summed E-state index contributed by atoms with van der Waals surface area (Å²) in [5.74, 6) is 0.630. The number of nitrogens with zero attached hydrogens (tertiary/aromatic N) is 2. The number of carbonyl (C=O) groups excluding carboxylic acids is 1. The molecule has 0 N–H and O–H groups in total. The Morgan fingerprint density at radius 2 is 1.12 bits per heavy atom. The highest BCUT2D eigenvalue weighted by molar-refractivity contribution is 7.09. The summed E-state index contributed by atoms with van der Waals surface area (Å²) in [7, 11) is 3.05. The van der Waals surface area contributed by atoms with Crippen molar-refractivity contribution < 1.29 is 14.3 Å². The third-order valence-corrected chi connectivity index (χ3v) is 7.13. The van der Waals surface area contributed by atoms with Crippen molar-refractivity contribution in [1.82, 2.24) is 4.98 Å². The fraction of sp³-hybridized carbons (Fsp3) is 0.186. The molecule has 0 amide bonds. The van der Waals surface area contributed by atoms with Crippen LogP contribution >= 0.6 is 11.3 Å². The van der Waals surface area contributed by atoms with Gasteiger partial charge in [0, 0.05) is 16.8 Å². The van der Waals surface area contributed by atoms with Gasteiger partial charge in [0.1, 0.15) is 5.75 Å². The molecule has 0 saturated carbocycles. The Balaban J connectivity index is 0.000000297. The summed E-state index contributed by atoms with van der Waals surface area (Å²) in [5, 5.41) is 10.5. The zero-order valence-corrected chi connectivity index (χ0v) is 30.7. The lowest BCUT2D eigenvalue weighted by Gasteiger charge is -1.97. The summed E-state index contributed by atoms with van der Waals surface area (Å²) in [6.45, 7) is 12.2. The van der Waals surface area contributed by atoms with Crippen LogP contribution in [0.15, 0.2) is 145 Å². The number of pyridine rings is 1. The number of hydrogen-bond donors (Lipinski definition) is 0. The molecule has 0 radical (unpaired) electrons. The standard InChI is InChI=1S/C9H10O2.C8H7N.C8H10O.C7H8.C6H7N.C5H6S/c1-7-3-5-8(6-4-7)9(10)11-2;1-7-2-4-8(6-9)5-3-7;1-7-3-5-8(9-2)6-4-7;1-7-5-3-2-4-6-7;1-6-4-2-3-5-7-6;1-5-3-2-4-6-5/h3-6H,1-2H3;2-5H,1H3;3-6H,1-2H3;2-6H,1H3;2-5H,1H3;2-4H,1H3. The molecule has 0 bridgehead atoms. The summed E-state index contributed by atoms with van der Waals surface area (Å²) in [5.41, 5.74) is 7.30. The molecule has 0 aliphatic heterocycles. The Hall–Kier alpha value is -5.51. The van der Waals surface area contributed by atoms with Crippen molar-refractivity contribution in [3.63, 3.8) is 0 Å². The maximum Gasteiger partial charge on any atom is 0.337 e. The van der Waals surface area contributed by atoms with Crippen LogP contribution in [0, 0.1) is 52.9 Å². The summed E-state index contributed by atoms with van der Waals surface area (Å²) >= 11 is 1.78. The number of ether oxygens (including phenoxy) is 2. The molecule has 6 rings (SSSR count). The Labute approximate surface area is 297 Å². The summed E-state index contributed by atoms with van der Waals surface area (Å²) in [6, 6.07) is 45.0. The Morgan fingerprint density at radius 3 is 1.45 bits per heavy atom. The second-order valence-corrected chi connectivity index (χ2v) is 11.9. The van der Waals surface area contributed by atoms with Gasteiger partial charge in [-0.2, -0.15) is 5.26 Å². The van der Waals surface area contributed by atoms with Gasteiger partial charge in [0.05, 0.1) is 31.4 Å². The predicted molar refractivity (Wildman–Crippen MR) is 205 cm³/mol. The van der Waals surface area contributed by atoms with Gasteiger partial charge in [-0.3, -0.25) is 4.98 Å². The molecule has 5 nitrogen and oxygen atoms in total. The molecule has 0 fully saturated rings. The van der Waals surface area contributed by atoms with Crippen molar-refractivity contribution in [2.75, 3.05) is 14.2 Å². The van der Waals surface area contributed by atoms with E-state index in [2.05, 4.69) is 66.2 Å². The molecule has 6 heteroatoms. The normalized spacial score (nSPS) is 8.88. The van der Waals surface area contributed by atoms with Crippen LogP contribution in [0.3, 0.4) is 0 Å². The molecule has 0 atom stereocenters. The molecule has 6 aromatic rings. The summed E-state index contributed by atoms with van der Waals surface area (Å²) in [4.78, 5) is 16.3. The van der Waals surface area contributed by atoms with Gasteiger partial charge in [-0.25, -0.2) is 4.79 Å². The van der Waals surface area contributed by atoms with E-state index in [9.17, 15) is 4.79 Å². The first kappa shape index (κ1) is 41.5. The van der Waals surface area contributed by atoms with Crippen molar-refractivity contribution >= 4 is 17.3 Å². The van der Waals surface area contributed by atoms with Gasteiger partial charge >= 0.3 is 5.97 Å². The van der Waals surface area contributed by atoms with E-state index in [0.29, 0.717) is 5.56 Å². The number of hydrogen-bond acceptors (Lipinski definition) is 6. The van der Waals surface area contributed by atoms with Crippen LogP contribution < -0.4 is 4.74 Å². The number of thiophene rings is 1. The molecule has 0 aliphatic carbocycles. The lowest BCUT2D eigenvalue weighted by molar-refractivity contribution is 0.0600. The molecule has 4 aromatic carbocycles. The van der Waals surface area contributed by atoms with Crippen LogP contribution in [0.25, 0.3) is 0 Å². The number of benzene rings is 4. The molecule has 2 heterocycles. The van der Waals surface area contributed by atoms with Gasteiger partial charge in [0.25, 0.3) is 0 Å².